The minimum atomic E-state index is -3.15. The number of ether oxygens (including phenoxy) is 1. The molecule has 154 valence electrons. The van der Waals surface area contributed by atoms with Gasteiger partial charge < -0.3 is 10.1 Å². The lowest BCUT2D eigenvalue weighted by atomic mass is 9.87. The van der Waals surface area contributed by atoms with Crippen molar-refractivity contribution in [3.8, 4) is 0 Å². The normalized spacial score (nSPS) is 17.1. The number of rotatable bonds is 6. The summed E-state index contributed by atoms with van der Waals surface area (Å²) in [5, 5.41) is 2.98. The molecule has 7 heteroatoms. The molecule has 0 saturated heterocycles. The molecule has 3 rings (SSSR count). The van der Waals surface area contributed by atoms with Gasteiger partial charge in [0.05, 0.1) is 17.4 Å². The Morgan fingerprint density at radius 1 is 1.14 bits per heavy atom. The molecule has 6 nitrogen and oxygen atoms in total. The van der Waals surface area contributed by atoms with Crippen LogP contribution in [0.1, 0.15) is 52.9 Å². The number of carbonyl (C=O) groups is 2. The molecule has 0 saturated carbocycles. The number of nitrogens with one attached hydrogen (secondary N) is 1. The molecule has 0 fully saturated rings. The number of esters is 1. The fraction of sp³-hybridized carbons (Fsp3) is 0.364. The van der Waals surface area contributed by atoms with Crippen LogP contribution < -0.4 is 5.32 Å². The molecule has 0 aromatic heterocycles. The average Bonchev–Trinajstić information content (AvgIpc) is 2.67. The molecule has 29 heavy (non-hydrogen) atoms. The van der Waals surface area contributed by atoms with Crippen molar-refractivity contribution in [1.29, 1.82) is 0 Å². The van der Waals surface area contributed by atoms with Gasteiger partial charge in [-0.25, -0.2) is 13.2 Å². The largest absolute Gasteiger partial charge is 0.449 e. The fourth-order valence-electron chi connectivity index (χ4n) is 3.51. The minimum absolute atomic E-state index is 0.0797. The van der Waals surface area contributed by atoms with Crippen molar-refractivity contribution >= 4 is 21.7 Å². The van der Waals surface area contributed by atoms with E-state index < -0.39 is 21.9 Å². The topological polar surface area (TPSA) is 89.5 Å². The van der Waals surface area contributed by atoms with E-state index in [1.54, 1.807) is 19.1 Å². The van der Waals surface area contributed by atoms with Crippen molar-refractivity contribution in [1.82, 2.24) is 5.32 Å². The molecule has 0 spiro atoms. The van der Waals surface area contributed by atoms with E-state index in [-0.39, 0.29) is 23.3 Å². The van der Waals surface area contributed by atoms with Crippen LogP contribution >= 0.6 is 0 Å². The molecule has 1 aliphatic rings. The highest BCUT2D eigenvalue weighted by Gasteiger charge is 2.25. The van der Waals surface area contributed by atoms with E-state index in [0.717, 1.165) is 31.1 Å². The number of hydrogen-bond donors (Lipinski definition) is 1. The van der Waals surface area contributed by atoms with Crippen molar-refractivity contribution in [3.63, 3.8) is 0 Å². The lowest BCUT2D eigenvalue weighted by Gasteiger charge is -2.27. The number of aryl methyl sites for hydroxylation is 1. The first-order chi connectivity index (χ1) is 13.7. The second-order valence-electron chi connectivity index (χ2n) is 7.47. The second kappa shape index (κ2) is 8.78. The van der Waals surface area contributed by atoms with Crippen molar-refractivity contribution in [2.24, 2.45) is 0 Å². The number of benzene rings is 2. The van der Waals surface area contributed by atoms with Crippen molar-refractivity contribution in [3.05, 3.63) is 70.8 Å². The maximum Gasteiger partial charge on any atom is 0.338 e. The summed E-state index contributed by atoms with van der Waals surface area (Å²) in [5.74, 6) is -1.05. The first-order valence-electron chi connectivity index (χ1n) is 9.59. The van der Waals surface area contributed by atoms with Gasteiger partial charge in [-0.2, -0.15) is 0 Å². The van der Waals surface area contributed by atoms with Gasteiger partial charge in [-0.05, 0) is 55.0 Å². The number of fused-ring (bicyclic) bond motifs is 1. The van der Waals surface area contributed by atoms with Gasteiger partial charge in [-0.15, -0.1) is 0 Å². The zero-order valence-corrected chi connectivity index (χ0v) is 17.4. The van der Waals surface area contributed by atoms with E-state index in [1.807, 2.05) is 18.2 Å². The molecule has 0 radical (unpaired) electrons. The lowest BCUT2D eigenvalue weighted by Crippen LogP contribution is -2.39. The first kappa shape index (κ1) is 21.0. The Morgan fingerprint density at radius 3 is 2.52 bits per heavy atom. The van der Waals surface area contributed by atoms with Crippen LogP contribution in [0.5, 0.6) is 0 Å². The zero-order chi connectivity index (χ0) is 21.0. The van der Waals surface area contributed by atoms with Gasteiger partial charge in [0.15, 0.2) is 15.9 Å². The predicted molar refractivity (Wildman–Crippen MR) is 110 cm³/mol. The summed E-state index contributed by atoms with van der Waals surface area (Å²) >= 11 is 0. The zero-order valence-electron chi connectivity index (χ0n) is 16.6. The molecule has 0 heterocycles. The Bertz CT molecular complexity index is 998. The van der Waals surface area contributed by atoms with Crippen LogP contribution in [0.4, 0.5) is 0 Å². The van der Waals surface area contributed by atoms with Gasteiger partial charge in [0, 0.05) is 6.26 Å². The smallest absolute Gasteiger partial charge is 0.338 e. The molecular weight excluding hydrogens is 390 g/mol. The summed E-state index contributed by atoms with van der Waals surface area (Å²) in [5.41, 5.74) is 3.21. The molecule has 1 aliphatic carbocycles. The second-order valence-corrected chi connectivity index (χ2v) is 9.61. The van der Waals surface area contributed by atoms with Crippen LogP contribution in [0.15, 0.2) is 48.5 Å². The molecule has 0 aliphatic heterocycles. The van der Waals surface area contributed by atoms with Crippen LogP contribution in [0.25, 0.3) is 0 Å². The lowest BCUT2D eigenvalue weighted by molar-refractivity contribution is -0.130. The van der Waals surface area contributed by atoms with E-state index in [4.69, 9.17) is 4.74 Å². The quantitative estimate of drug-likeness (QED) is 0.733. The summed E-state index contributed by atoms with van der Waals surface area (Å²) in [6.45, 7) is 1.54. The highest BCUT2D eigenvalue weighted by atomic mass is 32.2. The highest BCUT2D eigenvalue weighted by molar-refractivity contribution is 7.89. The fourth-order valence-corrected chi connectivity index (χ4v) is 4.31. The molecule has 1 N–H and O–H groups in total. The van der Waals surface area contributed by atoms with Gasteiger partial charge in [0.2, 0.25) is 0 Å². The van der Waals surface area contributed by atoms with Gasteiger partial charge in [0.25, 0.3) is 5.91 Å². The Balaban J connectivity index is 1.59. The van der Waals surface area contributed by atoms with Gasteiger partial charge in [-0.3, -0.25) is 4.79 Å². The van der Waals surface area contributed by atoms with Gasteiger partial charge in [0.1, 0.15) is 0 Å². The number of amides is 1. The molecule has 0 unspecified atom stereocenters. The van der Waals surface area contributed by atoms with Crippen LogP contribution in [-0.2, 0) is 31.5 Å². The van der Waals surface area contributed by atoms with Crippen molar-refractivity contribution in [2.45, 2.75) is 44.1 Å². The van der Waals surface area contributed by atoms with Crippen LogP contribution in [0.3, 0.4) is 0 Å². The Morgan fingerprint density at radius 2 is 1.83 bits per heavy atom. The first-order valence-corrected chi connectivity index (χ1v) is 11.6. The standard InChI is InChI=1S/C22H25NO5S/c1-15(21(24)23-20-9-5-7-17-6-3-4-8-19(17)20)28-22(25)18-12-10-16(11-13-18)14-29(2,26)27/h3-4,6,8,10-13,15,20H,5,7,9,14H2,1-2H3,(H,23,24)/t15-,20-/m1/s1. The highest BCUT2D eigenvalue weighted by Crippen LogP contribution is 2.29. The Labute approximate surface area is 171 Å². The molecule has 2 atom stereocenters. The van der Waals surface area contributed by atoms with E-state index in [2.05, 4.69) is 11.4 Å². The summed E-state index contributed by atoms with van der Waals surface area (Å²) in [7, 11) is -3.15. The third kappa shape index (κ3) is 5.67. The Kier molecular flexibility index (Phi) is 6.37. The molecule has 0 bridgehead atoms. The van der Waals surface area contributed by atoms with Crippen LogP contribution in [0, 0.1) is 0 Å². The molecule has 1 amide bonds. The Hall–Kier alpha value is -2.67. The van der Waals surface area contributed by atoms with Gasteiger partial charge >= 0.3 is 5.97 Å². The van der Waals surface area contributed by atoms with E-state index in [1.165, 1.54) is 17.7 Å². The van der Waals surface area contributed by atoms with E-state index >= 15 is 0 Å². The number of carbonyl (C=O) groups excluding carboxylic acids is 2. The summed E-state index contributed by atoms with van der Waals surface area (Å²) < 4.78 is 28.0. The van der Waals surface area contributed by atoms with E-state index in [9.17, 15) is 18.0 Å². The summed E-state index contributed by atoms with van der Waals surface area (Å²) in [4.78, 5) is 24.9. The molecular formula is C22H25NO5S. The number of sulfone groups is 1. The van der Waals surface area contributed by atoms with Crippen LogP contribution in [0.2, 0.25) is 0 Å². The van der Waals surface area contributed by atoms with Crippen LogP contribution in [-0.4, -0.2) is 32.7 Å². The average molecular weight is 416 g/mol. The SMILES string of the molecule is C[C@@H](OC(=O)c1ccc(CS(C)(=O)=O)cc1)C(=O)N[C@@H]1CCCc2ccccc21. The molecule has 2 aromatic carbocycles. The summed E-state index contributed by atoms with van der Waals surface area (Å²) in [6, 6.07) is 14.1. The maximum atomic E-state index is 12.5. The number of hydrogen-bond acceptors (Lipinski definition) is 5. The monoisotopic (exact) mass is 415 g/mol. The summed E-state index contributed by atoms with van der Waals surface area (Å²) in [6.07, 6.45) is 3.07. The maximum absolute atomic E-state index is 12.5. The predicted octanol–water partition coefficient (Wildman–Crippen LogP) is 2.97. The van der Waals surface area contributed by atoms with Gasteiger partial charge in [-0.1, -0.05) is 36.4 Å². The third-order valence-electron chi connectivity index (χ3n) is 4.96. The van der Waals surface area contributed by atoms with Crippen molar-refractivity contribution < 1.29 is 22.7 Å². The van der Waals surface area contributed by atoms with Crippen molar-refractivity contribution in [2.75, 3.05) is 6.26 Å². The molecule has 2 aromatic rings. The minimum Gasteiger partial charge on any atom is -0.449 e. The third-order valence-corrected chi connectivity index (χ3v) is 5.82. The van der Waals surface area contributed by atoms with E-state index in [0.29, 0.717) is 5.56 Å².